The molecule has 0 saturated heterocycles. The van der Waals surface area contributed by atoms with Crippen molar-refractivity contribution in [3.05, 3.63) is 56.9 Å². The molecular formula is C26H30Br2N2O3. The minimum absolute atomic E-state index is 0.127. The molecule has 7 heteroatoms. The van der Waals surface area contributed by atoms with Gasteiger partial charge >= 0.3 is 0 Å². The Balaban J connectivity index is 2.08. The Bertz CT molecular complexity index is 1040. The third kappa shape index (κ3) is 5.73. The molecule has 0 radical (unpaired) electrons. The molecule has 2 aliphatic rings. The van der Waals surface area contributed by atoms with Gasteiger partial charge in [-0.2, -0.15) is 5.26 Å². The lowest BCUT2D eigenvalue weighted by atomic mass is 9.72. The van der Waals surface area contributed by atoms with E-state index in [9.17, 15) is 10.1 Å². The van der Waals surface area contributed by atoms with Crippen molar-refractivity contribution in [3.63, 3.8) is 0 Å². The van der Waals surface area contributed by atoms with Gasteiger partial charge in [-0.1, -0.05) is 41.4 Å². The van der Waals surface area contributed by atoms with Crippen molar-refractivity contribution in [2.24, 2.45) is 5.92 Å². The predicted molar refractivity (Wildman–Crippen MR) is 138 cm³/mol. The van der Waals surface area contributed by atoms with E-state index in [0.29, 0.717) is 48.2 Å². The Labute approximate surface area is 213 Å². The molecule has 0 fully saturated rings. The maximum Gasteiger partial charge on any atom is 0.175 e. The summed E-state index contributed by atoms with van der Waals surface area (Å²) in [4.78, 5) is 13.3. The van der Waals surface area contributed by atoms with Gasteiger partial charge in [-0.25, -0.2) is 0 Å². The second kappa shape index (κ2) is 11.9. The van der Waals surface area contributed by atoms with Crippen LogP contribution in [0, 0.1) is 17.2 Å². The van der Waals surface area contributed by atoms with E-state index in [-0.39, 0.29) is 5.78 Å². The van der Waals surface area contributed by atoms with Gasteiger partial charge < -0.3 is 14.8 Å². The number of carbonyl (C=O) groups is 1. The zero-order valence-corrected chi connectivity index (χ0v) is 22.5. The molecule has 0 amide bonds. The molecule has 0 spiro atoms. The Hall–Kier alpha value is -2.04. The molecule has 0 saturated carbocycles. The van der Waals surface area contributed by atoms with Crippen LogP contribution in [0.3, 0.4) is 0 Å². The number of allylic oxidation sites excluding steroid dienone is 5. The van der Waals surface area contributed by atoms with Crippen LogP contribution in [0.2, 0.25) is 0 Å². The molecule has 1 aromatic rings. The van der Waals surface area contributed by atoms with Crippen molar-refractivity contribution in [3.8, 4) is 17.6 Å². The van der Waals surface area contributed by atoms with E-state index in [4.69, 9.17) is 9.47 Å². The molecule has 2 unspecified atom stereocenters. The van der Waals surface area contributed by atoms with Crippen molar-refractivity contribution in [1.29, 1.82) is 5.26 Å². The second-order valence-corrected chi connectivity index (χ2v) is 9.79. The molecule has 1 heterocycles. The summed E-state index contributed by atoms with van der Waals surface area (Å²) in [6, 6.07) is 6.21. The summed E-state index contributed by atoms with van der Waals surface area (Å²) in [6.07, 6.45) is 7.35. The number of nitrogens with one attached hydrogen (secondary N) is 1. The van der Waals surface area contributed by atoms with Crippen LogP contribution in [-0.4, -0.2) is 24.3 Å². The smallest absolute Gasteiger partial charge is 0.175 e. The fourth-order valence-electron chi connectivity index (χ4n) is 4.63. The standard InChI is InChI=1S/C26H30Br2N2O3/c1-4-8-17-11-21-25(22(31)12-17)24(19(15-29)16(3)30-21)18-13-20(28)26(23(14-18)32-5-2)33-10-7-6-9-27/h6-7,13-14,17,24,30H,4-5,8-12H2,1-3H3/b7-6+. The number of hydrogen-bond donors (Lipinski definition) is 1. The van der Waals surface area contributed by atoms with Crippen molar-refractivity contribution in [1.82, 2.24) is 5.32 Å². The number of Topliss-reactive ketones (excluding diaryl/α,β-unsaturated/α-hetero) is 1. The van der Waals surface area contributed by atoms with E-state index in [1.807, 2.05) is 38.1 Å². The highest BCUT2D eigenvalue weighted by Gasteiger charge is 2.38. The van der Waals surface area contributed by atoms with Crippen LogP contribution in [0.1, 0.15) is 57.9 Å². The summed E-state index contributed by atoms with van der Waals surface area (Å²) in [7, 11) is 0. The normalized spacial score (nSPS) is 20.5. The molecule has 1 aliphatic heterocycles. The molecule has 176 valence electrons. The Morgan fingerprint density at radius 3 is 2.70 bits per heavy atom. The summed E-state index contributed by atoms with van der Waals surface area (Å²) >= 11 is 7.00. The first-order valence-corrected chi connectivity index (χ1v) is 13.3. The number of nitriles is 1. The van der Waals surface area contributed by atoms with Crippen molar-refractivity contribution >= 4 is 37.6 Å². The van der Waals surface area contributed by atoms with Gasteiger partial charge in [-0.3, -0.25) is 4.79 Å². The molecule has 3 rings (SSSR count). The van der Waals surface area contributed by atoms with Gasteiger partial charge in [-0.05, 0) is 66.2 Å². The number of carbonyl (C=O) groups excluding carboxylic acids is 1. The minimum Gasteiger partial charge on any atom is -0.490 e. The maximum atomic E-state index is 13.3. The first kappa shape index (κ1) is 25.6. The molecule has 0 aromatic heterocycles. The number of benzene rings is 1. The monoisotopic (exact) mass is 576 g/mol. The average Bonchev–Trinajstić information content (AvgIpc) is 2.77. The highest BCUT2D eigenvalue weighted by Crippen LogP contribution is 2.47. The summed E-state index contributed by atoms with van der Waals surface area (Å²) in [5.41, 5.74) is 3.90. The maximum absolute atomic E-state index is 13.3. The van der Waals surface area contributed by atoms with Crippen LogP contribution in [0.5, 0.6) is 11.5 Å². The summed E-state index contributed by atoms with van der Waals surface area (Å²) in [5, 5.41) is 14.2. The minimum atomic E-state index is -0.417. The van der Waals surface area contributed by atoms with Crippen LogP contribution >= 0.6 is 31.9 Å². The first-order valence-electron chi connectivity index (χ1n) is 11.4. The van der Waals surface area contributed by atoms with E-state index in [2.05, 4.69) is 50.2 Å². The lowest BCUT2D eigenvalue weighted by molar-refractivity contribution is -0.117. The van der Waals surface area contributed by atoms with Crippen molar-refractivity contribution < 1.29 is 14.3 Å². The van der Waals surface area contributed by atoms with Gasteiger partial charge in [-0.15, -0.1) is 0 Å². The number of nitrogens with zero attached hydrogens (tertiary/aromatic N) is 1. The number of ketones is 1. The molecule has 1 N–H and O–H groups in total. The largest absolute Gasteiger partial charge is 0.490 e. The number of dihydropyridines is 1. The van der Waals surface area contributed by atoms with E-state index < -0.39 is 5.92 Å². The average molecular weight is 578 g/mol. The van der Waals surface area contributed by atoms with Crippen LogP contribution in [0.25, 0.3) is 0 Å². The van der Waals surface area contributed by atoms with Gasteiger partial charge in [0.25, 0.3) is 0 Å². The predicted octanol–water partition coefficient (Wildman–Crippen LogP) is 6.70. The van der Waals surface area contributed by atoms with Gasteiger partial charge in [0.2, 0.25) is 0 Å². The summed E-state index contributed by atoms with van der Waals surface area (Å²) in [5.74, 6) is 1.26. The molecule has 1 aromatic carbocycles. The number of ether oxygens (including phenoxy) is 2. The Morgan fingerprint density at radius 1 is 1.24 bits per heavy atom. The lowest BCUT2D eigenvalue weighted by Crippen LogP contribution is -2.34. The fourth-order valence-corrected chi connectivity index (χ4v) is 5.47. The van der Waals surface area contributed by atoms with E-state index in [1.54, 1.807) is 0 Å². The van der Waals surface area contributed by atoms with E-state index >= 15 is 0 Å². The zero-order chi connectivity index (χ0) is 24.0. The Morgan fingerprint density at radius 2 is 2.03 bits per heavy atom. The first-order chi connectivity index (χ1) is 15.9. The molecule has 33 heavy (non-hydrogen) atoms. The fraction of sp³-hybridized carbons (Fsp3) is 0.462. The van der Waals surface area contributed by atoms with E-state index in [1.165, 1.54) is 0 Å². The number of halogens is 2. The third-order valence-corrected chi connectivity index (χ3v) is 6.94. The van der Waals surface area contributed by atoms with Crippen molar-refractivity contribution in [2.75, 3.05) is 18.5 Å². The van der Waals surface area contributed by atoms with Crippen LogP contribution in [-0.2, 0) is 4.79 Å². The second-order valence-electron chi connectivity index (χ2n) is 8.29. The zero-order valence-electron chi connectivity index (χ0n) is 19.3. The quantitative estimate of drug-likeness (QED) is 0.261. The van der Waals surface area contributed by atoms with Crippen LogP contribution in [0.15, 0.2) is 51.3 Å². The summed E-state index contributed by atoms with van der Waals surface area (Å²) in [6.45, 7) is 6.86. The van der Waals surface area contributed by atoms with Gasteiger partial charge in [0.15, 0.2) is 17.3 Å². The van der Waals surface area contributed by atoms with Crippen LogP contribution in [0.4, 0.5) is 0 Å². The highest BCUT2D eigenvalue weighted by molar-refractivity contribution is 9.10. The van der Waals surface area contributed by atoms with Crippen LogP contribution < -0.4 is 14.8 Å². The topological polar surface area (TPSA) is 71.4 Å². The Kier molecular flexibility index (Phi) is 9.22. The molecular weight excluding hydrogens is 548 g/mol. The van der Waals surface area contributed by atoms with Gasteiger partial charge in [0.1, 0.15) is 6.61 Å². The number of alkyl halides is 1. The molecule has 5 nitrogen and oxygen atoms in total. The number of hydrogen-bond acceptors (Lipinski definition) is 5. The molecule has 1 aliphatic carbocycles. The molecule has 2 atom stereocenters. The van der Waals surface area contributed by atoms with E-state index in [0.717, 1.165) is 46.0 Å². The SMILES string of the molecule is CCCC1CC(=O)C2=C(C1)NC(C)=C(C#N)C2c1cc(Br)c(OC/C=C/CBr)c(OCC)c1. The highest BCUT2D eigenvalue weighted by atomic mass is 79.9. The third-order valence-electron chi connectivity index (χ3n) is 5.97. The van der Waals surface area contributed by atoms with Crippen molar-refractivity contribution in [2.45, 2.75) is 52.4 Å². The number of rotatable bonds is 9. The van der Waals surface area contributed by atoms with Gasteiger partial charge in [0.05, 0.1) is 28.6 Å². The lowest BCUT2D eigenvalue weighted by Gasteiger charge is -2.35. The summed E-state index contributed by atoms with van der Waals surface area (Å²) < 4.78 is 12.6. The van der Waals surface area contributed by atoms with Gasteiger partial charge in [0, 0.05) is 28.7 Å². The molecule has 0 bridgehead atoms.